The van der Waals surface area contributed by atoms with Crippen molar-refractivity contribution in [1.29, 1.82) is 0 Å². The topological polar surface area (TPSA) is 84.9 Å². The van der Waals surface area contributed by atoms with Crippen LogP contribution in [0.5, 0.6) is 11.5 Å². The van der Waals surface area contributed by atoms with Crippen molar-refractivity contribution in [2.24, 2.45) is 0 Å². The normalized spacial score (nSPS) is 12.3. The second kappa shape index (κ2) is 8.09. The molecular formula is C16H14F3NO5S. The van der Waals surface area contributed by atoms with Crippen LogP contribution < -0.4 is 14.8 Å². The van der Waals surface area contributed by atoms with Crippen LogP contribution in [0.1, 0.15) is 27.7 Å². The highest BCUT2D eigenvalue weighted by Gasteiger charge is 2.31. The molecule has 1 atom stereocenters. The molecule has 0 saturated heterocycles. The van der Waals surface area contributed by atoms with Crippen LogP contribution in [-0.2, 0) is 4.79 Å². The minimum absolute atomic E-state index is 0.314. The van der Waals surface area contributed by atoms with E-state index in [1.165, 1.54) is 25.3 Å². The van der Waals surface area contributed by atoms with Crippen LogP contribution in [0.25, 0.3) is 0 Å². The number of aliphatic carboxylic acids is 1. The first-order valence-corrected chi connectivity index (χ1v) is 8.07. The number of thiophene rings is 1. The van der Waals surface area contributed by atoms with Crippen LogP contribution in [0.3, 0.4) is 0 Å². The lowest BCUT2D eigenvalue weighted by Gasteiger charge is -2.17. The largest absolute Gasteiger partial charge is 0.573 e. The number of methoxy groups -OCH3 is 1. The number of nitrogens with one attached hydrogen (secondary N) is 1. The SMILES string of the molecule is COc1csc(C(=O)NC(CC(=O)O)c2ccc(OC(F)(F)F)cc2)c1. The van der Waals surface area contributed by atoms with Gasteiger partial charge in [-0.25, -0.2) is 0 Å². The van der Waals surface area contributed by atoms with Gasteiger partial charge in [0.25, 0.3) is 5.91 Å². The van der Waals surface area contributed by atoms with E-state index in [2.05, 4.69) is 10.1 Å². The number of alkyl halides is 3. The van der Waals surface area contributed by atoms with Crippen molar-refractivity contribution >= 4 is 23.2 Å². The Hall–Kier alpha value is -2.75. The fourth-order valence-corrected chi connectivity index (χ4v) is 2.86. The van der Waals surface area contributed by atoms with Gasteiger partial charge in [0.15, 0.2) is 0 Å². The zero-order valence-corrected chi connectivity index (χ0v) is 14.2. The average molecular weight is 389 g/mol. The van der Waals surface area contributed by atoms with E-state index in [-0.39, 0.29) is 0 Å². The molecule has 0 spiro atoms. The zero-order valence-electron chi connectivity index (χ0n) is 13.4. The Bertz CT molecular complexity index is 773. The third kappa shape index (κ3) is 5.66. The summed E-state index contributed by atoms with van der Waals surface area (Å²) in [6, 6.07) is 5.22. The van der Waals surface area contributed by atoms with E-state index in [0.717, 1.165) is 23.5 Å². The van der Waals surface area contributed by atoms with E-state index in [1.807, 2.05) is 0 Å². The Kier molecular flexibility index (Phi) is 6.09. The van der Waals surface area contributed by atoms with Crippen LogP contribution in [0.2, 0.25) is 0 Å². The van der Waals surface area contributed by atoms with Gasteiger partial charge >= 0.3 is 12.3 Å². The van der Waals surface area contributed by atoms with Gasteiger partial charge in [0, 0.05) is 11.4 Å². The summed E-state index contributed by atoms with van der Waals surface area (Å²) in [7, 11) is 1.45. The lowest BCUT2D eigenvalue weighted by Crippen LogP contribution is -2.29. The van der Waals surface area contributed by atoms with Crippen molar-refractivity contribution in [3.63, 3.8) is 0 Å². The molecule has 0 aliphatic heterocycles. The van der Waals surface area contributed by atoms with Crippen molar-refractivity contribution < 1.29 is 37.3 Å². The number of halogens is 3. The van der Waals surface area contributed by atoms with E-state index in [0.29, 0.717) is 16.2 Å². The zero-order chi connectivity index (χ0) is 19.3. The molecule has 0 saturated carbocycles. The van der Waals surface area contributed by atoms with Crippen molar-refractivity contribution in [3.8, 4) is 11.5 Å². The molecule has 6 nitrogen and oxygen atoms in total. The van der Waals surface area contributed by atoms with E-state index in [1.54, 1.807) is 5.38 Å². The molecule has 1 heterocycles. The van der Waals surface area contributed by atoms with Crippen LogP contribution in [-0.4, -0.2) is 30.5 Å². The van der Waals surface area contributed by atoms with Gasteiger partial charge in [-0.05, 0) is 17.7 Å². The quantitative estimate of drug-likeness (QED) is 0.756. The molecule has 0 aliphatic carbocycles. The molecule has 0 radical (unpaired) electrons. The lowest BCUT2D eigenvalue weighted by molar-refractivity contribution is -0.274. The maximum absolute atomic E-state index is 12.3. The minimum atomic E-state index is -4.82. The number of carbonyl (C=O) groups is 2. The molecule has 2 N–H and O–H groups in total. The first-order chi connectivity index (χ1) is 12.2. The van der Waals surface area contributed by atoms with Gasteiger partial charge in [-0.3, -0.25) is 9.59 Å². The summed E-state index contributed by atoms with van der Waals surface area (Å²) in [5, 5.41) is 13.2. The molecule has 1 aromatic carbocycles. The summed E-state index contributed by atoms with van der Waals surface area (Å²) in [5.41, 5.74) is 0.332. The summed E-state index contributed by atoms with van der Waals surface area (Å²) in [6.45, 7) is 0. The fourth-order valence-electron chi connectivity index (χ4n) is 2.10. The molecule has 1 aromatic heterocycles. The van der Waals surface area contributed by atoms with E-state index in [9.17, 15) is 22.8 Å². The van der Waals surface area contributed by atoms with Crippen molar-refractivity contribution in [3.05, 3.63) is 46.2 Å². The van der Waals surface area contributed by atoms with Gasteiger partial charge in [-0.15, -0.1) is 24.5 Å². The first kappa shape index (κ1) is 19.6. The van der Waals surface area contributed by atoms with Gasteiger partial charge in [0.05, 0.1) is 24.4 Å². The molecule has 2 aromatic rings. The molecule has 0 fully saturated rings. The fraction of sp³-hybridized carbons (Fsp3) is 0.250. The van der Waals surface area contributed by atoms with E-state index >= 15 is 0 Å². The highest BCUT2D eigenvalue weighted by Crippen LogP contribution is 2.26. The van der Waals surface area contributed by atoms with Gasteiger partial charge in [-0.2, -0.15) is 0 Å². The number of rotatable bonds is 7. The summed E-state index contributed by atoms with van der Waals surface area (Å²) < 4.78 is 45.3. The number of benzene rings is 1. The molecular weight excluding hydrogens is 375 g/mol. The first-order valence-electron chi connectivity index (χ1n) is 7.19. The van der Waals surface area contributed by atoms with E-state index < -0.39 is 36.5 Å². The number of carbonyl (C=O) groups excluding carboxylic acids is 1. The molecule has 1 amide bonds. The number of amides is 1. The van der Waals surface area contributed by atoms with Crippen LogP contribution >= 0.6 is 11.3 Å². The third-order valence-electron chi connectivity index (χ3n) is 3.24. The van der Waals surface area contributed by atoms with E-state index in [4.69, 9.17) is 9.84 Å². The molecule has 140 valence electrons. The summed E-state index contributed by atoms with van der Waals surface area (Å²) in [4.78, 5) is 23.6. The predicted molar refractivity (Wildman–Crippen MR) is 86.5 cm³/mol. The Morgan fingerprint density at radius 2 is 1.88 bits per heavy atom. The second-order valence-corrected chi connectivity index (χ2v) is 6.00. The number of hydrogen-bond donors (Lipinski definition) is 2. The predicted octanol–water partition coefficient (Wildman–Crippen LogP) is 3.60. The van der Waals surface area contributed by atoms with Crippen molar-refractivity contribution in [2.75, 3.05) is 7.11 Å². The maximum atomic E-state index is 12.3. The lowest BCUT2D eigenvalue weighted by atomic mass is 10.0. The molecule has 10 heteroatoms. The molecule has 26 heavy (non-hydrogen) atoms. The third-order valence-corrected chi connectivity index (χ3v) is 4.14. The standard InChI is InChI=1S/C16H14F3NO5S/c1-24-11-6-13(26-8-11)15(23)20-12(7-14(21)22)9-2-4-10(5-3-9)25-16(17,18)19/h2-6,8,12H,7H2,1H3,(H,20,23)(H,21,22). The Morgan fingerprint density at radius 1 is 1.23 bits per heavy atom. The smallest absolute Gasteiger partial charge is 0.496 e. The Labute approximate surface area is 150 Å². The monoisotopic (exact) mass is 389 g/mol. The van der Waals surface area contributed by atoms with Crippen LogP contribution in [0.4, 0.5) is 13.2 Å². The molecule has 0 bridgehead atoms. The summed E-state index contributed by atoms with van der Waals surface area (Å²) in [6.07, 6.45) is -5.26. The van der Waals surface area contributed by atoms with Crippen molar-refractivity contribution in [1.82, 2.24) is 5.32 Å². The van der Waals surface area contributed by atoms with Crippen LogP contribution in [0.15, 0.2) is 35.7 Å². The Morgan fingerprint density at radius 3 is 2.38 bits per heavy atom. The molecule has 2 rings (SSSR count). The van der Waals surface area contributed by atoms with Crippen LogP contribution in [0, 0.1) is 0 Å². The van der Waals surface area contributed by atoms with Gasteiger partial charge in [0.2, 0.25) is 0 Å². The Balaban J connectivity index is 2.16. The number of carboxylic acids is 1. The number of ether oxygens (including phenoxy) is 2. The van der Waals surface area contributed by atoms with Crippen molar-refractivity contribution in [2.45, 2.75) is 18.8 Å². The number of hydrogen-bond acceptors (Lipinski definition) is 5. The summed E-state index contributed by atoms with van der Waals surface area (Å²) in [5.74, 6) is -1.64. The highest BCUT2D eigenvalue weighted by molar-refractivity contribution is 7.12. The molecule has 1 unspecified atom stereocenters. The second-order valence-electron chi connectivity index (χ2n) is 5.09. The maximum Gasteiger partial charge on any atom is 0.573 e. The molecule has 0 aliphatic rings. The summed E-state index contributed by atoms with van der Waals surface area (Å²) >= 11 is 1.12. The van der Waals surface area contributed by atoms with Gasteiger partial charge in [-0.1, -0.05) is 12.1 Å². The highest BCUT2D eigenvalue weighted by atomic mass is 32.1. The number of carboxylic acid groups (broad SMARTS) is 1. The minimum Gasteiger partial charge on any atom is -0.496 e. The van der Waals surface area contributed by atoms with Gasteiger partial charge < -0.3 is 19.9 Å². The van der Waals surface area contributed by atoms with Gasteiger partial charge in [0.1, 0.15) is 11.5 Å². The average Bonchev–Trinajstić information content (AvgIpc) is 3.02.